The highest BCUT2D eigenvalue weighted by Crippen LogP contribution is 2.24. The molecule has 2 unspecified atom stereocenters. The summed E-state index contributed by atoms with van der Waals surface area (Å²) >= 11 is 0. The Morgan fingerprint density at radius 1 is 0.814 bits per heavy atom. The normalized spacial score (nSPS) is 16.9. The molecule has 3 rings (SSSR count). The third-order valence-electron chi connectivity index (χ3n) is 9.23. The molecule has 7 heteroatoms. The number of aliphatic hydroxyl groups is 1. The zero-order valence-electron chi connectivity index (χ0n) is 27.5. The standard InChI is InChI=1S/C36H56N4O3/c1-6-7-13-24-40(27-41,26-33(42)37-34-28(2)17-15-18-29(34)3)25-14-9-8-11-22-39-23-12-10-21-32(39)36(43)38-35-30(4)19-16-20-31(35)5/h15-20,32,41H,6-14,21-27H2,1-5H3,(H-,37,38,42,43)/p+1. The van der Waals surface area contributed by atoms with Crippen LogP contribution in [0.3, 0.4) is 0 Å². The Morgan fingerprint density at radius 2 is 1.37 bits per heavy atom. The molecule has 1 heterocycles. The number of aryl methyl sites for hydroxylation is 4. The zero-order valence-corrected chi connectivity index (χ0v) is 27.5. The van der Waals surface area contributed by atoms with Gasteiger partial charge in [0.05, 0.1) is 19.1 Å². The molecule has 0 bridgehead atoms. The number of hydrogen-bond donors (Lipinski definition) is 3. The molecule has 0 saturated carbocycles. The van der Waals surface area contributed by atoms with E-state index in [0.717, 1.165) is 124 Å². The Balaban J connectivity index is 1.50. The number of benzene rings is 2. The Labute approximate surface area is 260 Å². The molecule has 7 nitrogen and oxygen atoms in total. The summed E-state index contributed by atoms with van der Waals surface area (Å²) in [6.45, 7) is 14.1. The quantitative estimate of drug-likeness (QED) is 0.106. The highest BCUT2D eigenvalue weighted by molar-refractivity contribution is 5.96. The van der Waals surface area contributed by atoms with Crippen molar-refractivity contribution in [2.24, 2.45) is 0 Å². The lowest BCUT2D eigenvalue weighted by Gasteiger charge is -2.36. The van der Waals surface area contributed by atoms with Crippen molar-refractivity contribution in [3.05, 3.63) is 58.7 Å². The van der Waals surface area contributed by atoms with Crippen LogP contribution in [0.1, 0.15) is 93.4 Å². The summed E-state index contributed by atoms with van der Waals surface area (Å²) < 4.78 is 0.420. The van der Waals surface area contributed by atoms with E-state index >= 15 is 0 Å². The Hall–Kier alpha value is -2.74. The number of carbonyl (C=O) groups excluding carboxylic acids is 2. The minimum atomic E-state index is -0.0690. The monoisotopic (exact) mass is 593 g/mol. The average molecular weight is 594 g/mol. The van der Waals surface area contributed by atoms with Gasteiger partial charge in [0, 0.05) is 11.4 Å². The van der Waals surface area contributed by atoms with Crippen LogP contribution in [0.4, 0.5) is 11.4 Å². The Kier molecular flexibility index (Phi) is 14.2. The molecule has 2 atom stereocenters. The molecule has 3 N–H and O–H groups in total. The van der Waals surface area contributed by atoms with E-state index in [1.54, 1.807) is 0 Å². The summed E-state index contributed by atoms with van der Waals surface area (Å²) in [6, 6.07) is 12.1. The molecule has 1 aliphatic rings. The van der Waals surface area contributed by atoms with E-state index in [4.69, 9.17) is 0 Å². The van der Waals surface area contributed by atoms with Crippen LogP contribution in [-0.4, -0.2) is 71.8 Å². The van der Waals surface area contributed by atoms with Crippen LogP contribution in [0.25, 0.3) is 0 Å². The number of nitrogens with zero attached hydrogens (tertiary/aromatic N) is 2. The highest BCUT2D eigenvalue weighted by atomic mass is 16.3. The largest absolute Gasteiger partial charge is 0.347 e. The van der Waals surface area contributed by atoms with Gasteiger partial charge in [-0.3, -0.25) is 19.0 Å². The maximum absolute atomic E-state index is 13.3. The van der Waals surface area contributed by atoms with Crippen LogP contribution < -0.4 is 10.6 Å². The number of anilines is 2. The minimum absolute atomic E-state index is 0.0190. The maximum atomic E-state index is 13.3. The van der Waals surface area contributed by atoms with Crippen LogP contribution in [0.15, 0.2) is 36.4 Å². The van der Waals surface area contributed by atoms with Gasteiger partial charge in [-0.15, -0.1) is 0 Å². The van der Waals surface area contributed by atoms with E-state index in [-0.39, 0.29) is 24.6 Å². The Morgan fingerprint density at radius 3 is 1.95 bits per heavy atom. The fourth-order valence-electron chi connectivity index (χ4n) is 6.54. The van der Waals surface area contributed by atoms with Crippen LogP contribution >= 0.6 is 0 Å². The van der Waals surface area contributed by atoms with Gasteiger partial charge < -0.3 is 15.7 Å². The summed E-state index contributed by atoms with van der Waals surface area (Å²) in [7, 11) is 0. The second-order valence-electron chi connectivity index (χ2n) is 12.8. The zero-order chi connectivity index (χ0) is 31.2. The van der Waals surface area contributed by atoms with Crippen molar-refractivity contribution in [1.82, 2.24) is 4.90 Å². The number of rotatable bonds is 17. The number of quaternary nitrogens is 1. The first-order valence-electron chi connectivity index (χ1n) is 16.6. The van der Waals surface area contributed by atoms with Crippen LogP contribution in [0.2, 0.25) is 0 Å². The van der Waals surface area contributed by atoms with E-state index < -0.39 is 0 Å². The first-order chi connectivity index (χ1) is 20.7. The molecule has 1 saturated heterocycles. The first-order valence-corrected chi connectivity index (χ1v) is 16.6. The van der Waals surface area contributed by atoms with E-state index in [2.05, 4.69) is 22.5 Å². The molecule has 1 fully saturated rings. The number of hydrogen-bond acceptors (Lipinski definition) is 4. The highest BCUT2D eigenvalue weighted by Gasteiger charge is 2.30. The Bertz CT molecular complexity index is 1140. The second-order valence-corrected chi connectivity index (χ2v) is 12.8. The number of likely N-dealkylation sites (tertiary alicyclic amines) is 1. The van der Waals surface area contributed by atoms with Crippen LogP contribution in [0, 0.1) is 27.7 Å². The fourth-order valence-corrected chi connectivity index (χ4v) is 6.54. The first kappa shape index (κ1) is 34.7. The third-order valence-corrected chi connectivity index (χ3v) is 9.23. The van der Waals surface area contributed by atoms with Crippen molar-refractivity contribution in [3.63, 3.8) is 0 Å². The number of para-hydroxylation sites is 2. The topological polar surface area (TPSA) is 81.7 Å². The number of amides is 2. The maximum Gasteiger partial charge on any atom is 0.279 e. The molecule has 2 aromatic rings. The van der Waals surface area contributed by atoms with Gasteiger partial charge in [-0.05, 0) is 108 Å². The van der Waals surface area contributed by atoms with Crippen molar-refractivity contribution in [3.8, 4) is 0 Å². The minimum Gasteiger partial charge on any atom is -0.347 e. The van der Waals surface area contributed by atoms with Gasteiger partial charge in [-0.2, -0.15) is 0 Å². The van der Waals surface area contributed by atoms with Crippen molar-refractivity contribution < 1.29 is 19.2 Å². The van der Waals surface area contributed by atoms with E-state index in [9.17, 15) is 14.7 Å². The summed E-state index contributed by atoms with van der Waals surface area (Å²) in [5.41, 5.74) is 6.15. The van der Waals surface area contributed by atoms with E-state index in [0.29, 0.717) is 11.0 Å². The molecule has 0 spiro atoms. The summed E-state index contributed by atoms with van der Waals surface area (Å²) in [6.07, 6.45) is 10.5. The van der Waals surface area contributed by atoms with Gasteiger partial charge in [-0.1, -0.05) is 62.6 Å². The van der Waals surface area contributed by atoms with Gasteiger partial charge in [-0.25, -0.2) is 0 Å². The molecular weight excluding hydrogens is 536 g/mol. The predicted octanol–water partition coefficient (Wildman–Crippen LogP) is 6.87. The van der Waals surface area contributed by atoms with Crippen LogP contribution in [-0.2, 0) is 9.59 Å². The van der Waals surface area contributed by atoms with Gasteiger partial charge >= 0.3 is 0 Å². The molecule has 1 aliphatic heterocycles. The van der Waals surface area contributed by atoms with Gasteiger partial charge in [0.15, 0.2) is 13.3 Å². The van der Waals surface area contributed by atoms with Crippen molar-refractivity contribution >= 4 is 23.2 Å². The molecular formula is C36H57N4O3+. The molecule has 0 aliphatic carbocycles. The number of piperidine rings is 1. The summed E-state index contributed by atoms with van der Waals surface area (Å²) in [5, 5.41) is 16.9. The molecule has 0 radical (unpaired) electrons. The molecule has 2 aromatic carbocycles. The molecule has 43 heavy (non-hydrogen) atoms. The van der Waals surface area contributed by atoms with E-state index in [1.807, 2.05) is 64.1 Å². The van der Waals surface area contributed by atoms with Crippen molar-refractivity contribution in [2.45, 2.75) is 105 Å². The van der Waals surface area contributed by atoms with Gasteiger partial charge in [0.1, 0.15) is 0 Å². The lowest BCUT2D eigenvalue weighted by molar-refractivity contribution is -0.938. The average Bonchev–Trinajstić information content (AvgIpc) is 2.99. The van der Waals surface area contributed by atoms with Gasteiger partial charge in [0.2, 0.25) is 5.91 Å². The van der Waals surface area contributed by atoms with Crippen molar-refractivity contribution in [1.29, 1.82) is 0 Å². The number of carbonyl (C=O) groups is 2. The second kappa shape index (κ2) is 17.5. The molecule has 2 amide bonds. The SMILES string of the molecule is CCCCC[N+](CO)(CCCCCCN1CCCCC1C(=O)Nc1c(C)cccc1C)CC(=O)Nc1c(C)cccc1C. The van der Waals surface area contributed by atoms with Crippen molar-refractivity contribution in [2.75, 3.05) is 50.1 Å². The van der Waals surface area contributed by atoms with E-state index in [1.165, 1.54) is 0 Å². The summed E-state index contributed by atoms with van der Waals surface area (Å²) in [4.78, 5) is 28.9. The van der Waals surface area contributed by atoms with Crippen LogP contribution in [0.5, 0.6) is 0 Å². The lowest BCUT2D eigenvalue weighted by Crippen LogP contribution is -2.54. The predicted molar refractivity (Wildman–Crippen MR) is 178 cm³/mol. The fraction of sp³-hybridized carbons (Fsp3) is 0.611. The smallest absolute Gasteiger partial charge is 0.279 e. The number of nitrogens with one attached hydrogen (secondary N) is 2. The van der Waals surface area contributed by atoms with Gasteiger partial charge in [0.25, 0.3) is 5.91 Å². The molecule has 238 valence electrons. The summed E-state index contributed by atoms with van der Waals surface area (Å²) in [5.74, 6) is 0.0895. The molecule has 0 aromatic heterocycles. The number of unbranched alkanes of at least 4 members (excludes halogenated alkanes) is 5. The third kappa shape index (κ3) is 10.4. The number of aliphatic hydroxyl groups excluding tert-OH is 1. The lowest BCUT2D eigenvalue weighted by atomic mass is 10.00.